The Balaban J connectivity index is 1.97. The van der Waals surface area contributed by atoms with E-state index >= 15 is 0 Å². The number of nitriles is 1. The molecule has 0 saturated carbocycles. The number of carbonyl (C=O) groups excluding carboxylic acids is 1. The number of hydrogen-bond donors (Lipinski definition) is 1. The van der Waals surface area contributed by atoms with Crippen molar-refractivity contribution < 1.29 is 22.7 Å². The minimum atomic E-state index is -4.63. The van der Waals surface area contributed by atoms with Crippen molar-refractivity contribution in [3.8, 4) is 34.5 Å². The standard InChI is InChI=1S/C24H17F3N6O3/c1-14-19(20-13-30-31-33(20)17-8-6-15(12-28)7-9-17)11-21(36-23(35)29-2)22(34)32(14)18-5-3-4-16(10-18)24(25,26)27/h3-11,13H,1-2H3,(H,29,35). The number of pyridine rings is 1. The second-order valence-electron chi connectivity index (χ2n) is 7.53. The third-order valence-corrected chi connectivity index (χ3v) is 5.32. The Labute approximate surface area is 202 Å². The molecule has 1 amide bonds. The van der Waals surface area contributed by atoms with Crippen LogP contribution in [0.5, 0.6) is 5.75 Å². The summed E-state index contributed by atoms with van der Waals surface area (Å²) in [5.74, 6) is -0.417. The molecule has 0 aliphatic carbocycles. The molecule has 0 unspecified atom stereocenters. The van der Waals surface area contributed by atoms with Gasteiger partial charge >= 0.3 is 12.3 Å². The third-order valence-electron chi connectivity index (χ3n) is 5.32. The van der Waals surface area contributed by atoms with E-state index < -0.39 is 29.1 Å². The largest absolute Gasteiger partial charge is 0.416 e. The number of ether oxygens (including phenoxy) is 1. The first kappa shape index (κ1) is 24.2. The van der Waals surface area contributed by atoms with Crippen LogP contribution in [0.4, 0.5) is 18.0 Å². The van der Waals surface area contributed by atoms with E-state index in [0.717, 1.165) is 16.7 Å². The molecule has 4 aromatic rings. The van der Waals surface area contributed by atoms with Gasteiger partial charge in [0.25, 0.3) is 5.56 Å². The first-order valence-corrected chi connectivity index (χ1v) is 10.4. The molecule has 2 heterocycles. The summed E-state index contributed by atoms with van der Waals surface area (Å²) in [6, 6.07) is 14.0. The number of benzene rings is 2. The SMILES string of the molecule is CNC(=O)Oc1cc(-c2cnnn2-c2ccc(C#N)cc2)c(C)n(-c2cccc(C(F)(F)F)c2)c1=O. The van der Waals surface area contributed by atoms with Crippen molar-refractivity contribution in [2.75, 3.05) is 7.05 Å². The first-order chi connectivity index (χ1) is 17.1. The van der Waals surface area contributed by atoms with E-state index in [2.05, 4.69) is 15.6 Å². The number of halogens is 3. The first-order valence-electron chi connectivity index (χ1n) is 10.4. The molecule has 9 nitrogen and oxygen atoms in total. The molecule has 4 rings (SSSR count). The molecule has 0 bridgehead atoms. The van der Waals surface area contributed by atoms with Crippen LogP contribution < -0.4 is 15.6 Å². The smallest absolute Gasteiger partial charge is 0.404 e. The van der Waals surface area contributed by atoms with Crippen molar-refractivity contribution in [3.63, 3.8) is 0 Å². The highest BCUT2D eigenvalue weighted by atomic mass is 19.4. The molecule has 2 aromatic carbocycles. The monoisotopic (exact) mass is 494 g/mol. The molecule has 12 heteroatoms. The van der Waals surface area contributed by atoms with Crippen LogP contribution in [-0.2, 0) is 6.18 Å². The Hall–Kier alpha value is -4.92. The van der Waals surface area contributed by atoms with Crippen molar-refractivity contribution in [1.29, 1.82) is 5.26 Å². The van der Waals surface area contributed by atoms with Crippen molar-refractivity contribution in [2.45, 2.75) is 13.1 Å². The van der Waals surface area contributed by atoms with Crippen molar-refractivity contribution in [3.05, 3.63) is 88.0 Å². The number of rotatable bonds is 4. The van der Waals surface area contributed by atoms with Gasteiger partial charge in [-0.2, -0.15) is 18.4 Å². The van der Waals surface area contributed by atoms with Gasteiger partial charge < -0.3 is 10.1 Å². The lowest BCUT2D eigenvalue weighted by atomic mass is 10.1. The van der Waals surface area contributed by atoms with Gasteiger partial charge in [0.2, 0.25) is 0 Å². The fraction of sp³-hybridized carbons (Fsp3) is 0.125. The van der Waals surface area contributed by atoms with Crippen LogP contribution in [0.25, 0.3) is 22.6 Å². The maximum absolute atomic E-state index is 13.4. The van der Waals surface area contributed by atoms with Crippen LogP contribution in [-0.4, -0.2) is 32.7 Å². The summed E-state index contributed by atoms with van der Waals surface area (Å²) < 4.78 is 47.7. The number of amides is 1. The van der Waals surface area contributed by atoms with Gasteiger partial charge in [0.1, 0.15) is 0 Å². The molecule has 0 fully saturated rings. The maximum atomic E-state index is 13.4. The maximum Gasteiger partial charge on any atom is 0.416 e. The van der Waals surface area contributed by atoms with E-state index in [4.69, 9.17) is 10.00 Å². The highest BCUT2D eigenvalue weighted by Gasteiger charge is 2.31. The summed E-state index contributed by atoms with van der Waals surface area (Å²) in [5, 5.41) is 19.3. The zero-order valence-electron chi connectivity index (χ0n) is 18.9. The Kier molecular flexibility index (Phi) is 6.31. The Morgan fingerprint density at radius 1 is 1.11 bits per heavy atom. The second-order valence-corrected chi connectivity index (χ2v) is 7.53. The summed E-state index contributed by atoms with van der Waals surface area (Å²) in [7, 11) is 1.30. The normalized spacial score (nSPS) is 11.1. The minimum Gasteiger partial charge on any atom is -0.404 e. The van der Waals surface area contributed by atoms with Crippen LogP contribution >= 0.6 is 0 Å². The van der Waals surface area contributed by atoms with Crippen LogP contribution in [0.1, 0.15) is 16.8 Å². The molecule has 1 N–H and O–H groups in total. The molecule has 2 aromatic heterocycles. The summed E-state index contributed by atoms with van der Waals surface area (Å²) >= 11 is 0. The average Bonchev–Trinajstić information content (AvgIpc) is 3.35. The van der Waals surface area contributed by atoms with E-state index in [1.807, 2.05) is 6.07 Å². The average molecular weight is 494 g/mol. The summed E-state index contributed by atoms with van der Waals surface area (Å²) in [5.41, 5.74) is 0.0304. The molecule has 0 aliphatic heterocycles. The lowest BCUT2D eigenvalue weighted by Gasteiger charge is -2.18. The third kappa shape index (κ3) is 4.54. The molecule has 0 aliphatic rings. The van der Waals surface area contributed by atoms with Crippen molar-refractivity contribution >= 4 is 6.09 Å². The summed E-state index contributed by atoms with van der Waals surface area (Å²) in [6.45, 7) is 1.54. The van der Waals surface area contributed by atoms with E-state index in [9.17, 15) is 22.8 Å². The van der Waals surface area contributed by atoms with Crippen molar-refractivity contribution in [1.82, 2.24) is 24.9 Å². The summed E-state index contributed by atoms with van der Waals surface area (Å²) in [4.78, 5) is 25.2. The molecule has 0 saturated heterocycles. The van der Waals surface area contributed by atoms with Gasteiger partial charge in [-0.1, -0.05) is 11.3 Å². The van der Waals surface area contributed by atoms with Gasteiger partial charge in [-0.05, 0) is 55.5 Å². The highest BCUT2D eigenvalue weighted by molar-refractivity contribution is 5.72. The Morgan fingerprint density at radius 2 is 1.83 bits per heavy atom. The zero-order chi connectivity index (χ0) is 26.0. The molecule has 0 radical (unpaired) electrons. The van der Waals surface area contributed by atoms with Crippen molar-refractivity contribution in [2.24, 2.45) is 0 Å². The number of hydrogen-bond acceptors (Lipinski definition) is 6. The minimum absolute atomic E-state index is 0.0756. The van der Waals surface area contributed by atoms with Crippen LogP contribution in [0, 0.1) is 18.3 Å². The number of carbonyl (C=O) groups is 1. The highest BCUT2D eigenvalue weighted by Crippen LogP contribution is 2.32. The fourth-order valence-electron chi connectivity index (χ4n) is 3.58. The quantitative estimate of drug-likeness (QED) is 0.459. The summed E-state index contributed by atoms with van der Waals surface area (Å²) in [6.07, 6.45) is -4.17. The topological polar surface area (TPSA) is 115 Å². The van der Waals surface area contributed by atoms with Crippen LogP contribution in [0.2, 0.25) is 0 Å². The lowest BCUT2D eigenvalue weighted by molar-refractivity contribution is -0.137. The van der Waals surface area contributed by atoms with Gasteiger partial charge in [0, 0.05) is 24.0 Å². The van der Waals surface area contributed by atoms with Gasteiger partial charge in [-0.15, -0.1) is 5.10 Å². The number of alkyl halides is 3. The van der Waals surface area contributed by atoms with Gasteiger partial charge in [-0.25, -0.2) is 9.48 Å². The predicted molar refractivity (Wildman–Crippen MR) is 122 cm³/mol. The van der Waals surface area contributed by atoms with Gasteiger partial charge in [0.05, 0.1) is 34.8 Å². The van der Waals surface area contributed by atoms with Gasteiger partial charge in [0.15, 0.2) is 5.75 Å². The molecule has 36 heavy (non-hydrogen) atoms. The number of aromatic nitrogens is 4. The predicted octanol–water partition coefficient (Wildman–Crippen LogP) is 4.00. The van der Waals surface area contributed by atoms with Gasteiger partial charge in [-0.3, -0.25) is 9.36 Å². The molecule has 182 valence electrons. The van der Waals surface area contributed by atoms with Crippen LogP contribution in [0.3, 0.4) is 0 Å². The second kappa shape index (κ2) is 9.38. The lowest BCUT2D eigenvalue weighted by Crippen LogP contribution is -2.29. The zero-order valence-corrected chi connectivity index (χ0v) is 18.9. The molecular weight excluding hydrogens is 477 g/mol. The van der Waals surface area contributed by atoms with Crippen LogP contribution in [0.15, 0.2) is 65.6 Å². The molecular formula is C24H17F3N6O3. The molecule has 0 atom stereocenters. The number of nitrogens with one attached hydrogen (secondary N) is 1. The number of nitrogens with zero attached hydrogens (tertiary/aromatic N) is 5. The Morgan fingerprint density at radius 3 is 2.47 bits per heavy atom. The van der Waals surface area contributed by atoms with E-state index in [1.54, 1.807) is 24.3 Å². The van der Waals surface area contributed by atoms with E-state index in [-0.39, 0.29) is 11.4 Å². The molecule has 0 spiro atoms. The fourth-order valence-corrected chi connectivity index (χ4v) is 3.58. The van der Waals surface area contributed by atoms with E-state index in [0.29, 0.717) is 22.5 Å². The van der Waals surface area contributed by atoms with E-state index in [1.165, 1.54) is 43.0 Å². The Bertz CT molecular complexity index is 1550.